The van der Waals surface area contributed by atoms with Crippen LogP contribution in [0.5, 0.6) is 0 Å². The van der Waals surface area contributed by atoms with Crippen molar-refractivity contribution in [3.8, 4) is 11.1 Å². The van der Waals surface area contributed by atoms with Gasteiger partial charge < -0.3 is 15.0 Å². The highest BCUT2D eigenvalue weighted by atomic mass is 16.5. The SMILES string of the molecule is COCCN(C)C(=O)c1ncccc1-c1cccc(CNC(C)=O)c1. The smallest absolute Gasteiger partial charge is 0.272 e. The highest BCUT2D eigenvalue weighted by molar-refractivity contribution is 5.98. The van der Waals surface area contributed by atoms with Crippen molar-refractivity contribution in [3.63, 3.8) is 0 Å². The Labute approximate surface area is 147 Å². The van der Waals surface area contributed by atoms with Crippen molar-refractivity contribution in [1.29, 1.82) is 0 Å². The fourth-order valence-corrected chi connectivity index (χ4v) is 2.39. The summed E-state index contributed by atoms with van der Waals surface area (Å²) in [6.07, 6.45) is 1.61. The van der Waals surface area contributed by atoms with Crippen molar-refractivity contribution in [2.75, 3.05) is 27.3 Å². The van der Waals surface area contributed by atoms with E-state index >= 15 is 0 Å². The van der Waals surface area contributed by atoms with E-state index in [1.165, 1.54) is 6.92 Å². The van der Waals surface area contributed by atoms with Gasteiger partial charge in [-0.3, -0.25) is 14.6 Å². The molecule has 0 unspecified atom stereocenters. The molecule has 0 saturated carbocycles. The molecule has 2 rings (SSSR count). The molecule has 0 saturated heterocycles. The third-order valence-corrected chi connectivity index (χ3v) is 3.77. The number of likely N-dealkylation sites (N-methyl/N-ethyl adjacent to an activating group) is 1. The fourth-order valence-electron chi connectivity index (χ4n) is 2.39. The Hall–Kier alpha value is -2.73. The lowest BCUT2D eigenvalue weighted by Gasteiger charge is -2.18. The van der Waals surface area contributed by atoms with Gasteiger partial charge in [-0.05, 0) is 23.3 Å². The molecule has 132 valence electrons. The second kappa shape index (κ2) is 8.94. The van der Waals surface area contributed by atoms with Crippen LogP contribution in [0.3, 0.4) is 0 Å². The standard InChI is InChI=1S/C19H23N3O3/c1-14(23)21-13-15-6-4-7-16(12-15)17-8-5-9-20-18(17)19(24)22(2)10-11-25-3/h4-9,12H,10-11,13H2,1-3H3,(H,21,23). The van der Waals surface area contributed by atoms with Gasteiger partial charge in [0.25, 0.3) is 5.91 Å². The van der Waals surface area contributed by atoms with Gasteiger partial charge in [0.15, 0.2) is 0 Å². The summed E-state index contributed by atoms with van der Waals surface area (Å²) in [7, 11) is 3.33. The van der Waals surface area contributed by atoms with Crippen LogP contribution in [0, 0.1) is 0 Å². The second-order valence-electron chi connectivity index (χ2n) is 5.73. The largest absolute Gasteiger partial charge is 0.383 e. The molecule has 1 aromatic carbocycles. The molecule has 2 aromatic rings. The quantitative estimate of drug-likeness (QED) is 0.837. The van der Waals surface area contributed by atoms with E-state index in [0.29, 0.717) is 25.4 Å². The predicted octanol–water partition coefficient (Wildman–Crippen LogP) is 2.10. The van der Waals surface area contributed by atoms with Crippen molar-refractivity contribution in [1.82, 2.24) is 15.2 Å². The Morgan fingerprint density at radius 2 is 2.04 bits per heavy atom. The van der Waals surface area contributed by atoms with Crippen LogP contribution >= 0.6 is 0 Å². The van der Waals surface area contributed by atoms with Gasteiger partial charge in [0.1, 0.15) is 5.69 Å². The molecule has 0 spiro atoms. The summed E-state index contributed by atoms with van der Waals surface area (Å²) in [5.41, 5.74) is 3.02. The van der Waals surface area contributed by atoms with Gasteiger partial charge in [-0.15, -0.1) is 0 Å². The molecule has 6 heteroatoms. The molecule has 0 aliphatic carbocycles. The Kier molecular flexibility index (Phi) is 6.65. The van der Waals surface area contributed by atoms with E-state index in [1.807, 2.05) is 36.4 Å². The van der Waals surface area contributed by atoms with Crippen LogP contribution in [0.4, 0.5) is 0 Å². The van der Waals surface area contributed by atoms with Crippen molar-refractivity contribution in [3.05, 3.63) is 53.9 Å². The van der Waals surface area contributed by atoms with E-state index < -0.39 is 0 Å². The van der Waals surface area contributed by atoms with E-state index in [9.17, 15) is 9.59 Å². The first kappa shape index (κ1) is 18.6. The number of rotatable bonds is 7. The number of benzene rings is 1. The number of nitrogens with one attached hydrogen (secondary N) is 1. The minimum absolute atomic E-state index is 0.0811. The second-order valence-corrected chi connectivity index (χ2v) is 5.73. The van der Waals surface area contributed by atoms with Gasteiger partial charge >= 0.3 is 0 Å². The number of aromatic nitrogens is 1. The molecule has 2 amide bonds. The van der Waals surface area contributed by atoms with E-state index in [2.05, 4.69) is 10.3 Å². The maximum absolute atomic E-state index is 12.7. The first-order valence-electron chi connectivity index (χ1n) is 8.06. The maximum Gasteiger partial charge on any atom is 0.272 e. The first-order valence-corrected chi connectivity index (χ1v) is 8.06. The van der Waals surface area contributed by atoms with Crippen LogP contribution in [-0.4, -0.2) is 49.0 Å². The summed E-state index contributed by atoms with van der Waals surface area (Å²) in [5.74, 6) is -0.234. The van der Waals surface area contributed by atoms with Gasteiger partial charge in [-0.25, -0.2) is 0 Å². The highest BCUT2D eigenvalue weighted by Gasteiger charge is 2.18. The van der Waals surface area contributed by atoms with Crippen LogP contribution in [0.2, 0.25) is 0 Å². The molecule has 25 heavy (non-hydrogen) atoms. The van der Waals surface area contributed by atoms with Crippen LogP contribution in [0.15, 0.2) is 42.6 Å². The lowest BCUT2D eigenvalue weighted by Crippen LogP contribution is -2.31. The van der Waals surface area contributed by atoms with Crippen LogP contribution in [0.25, 0.3) is 11.1 Å². The van der Waals surface area contributed by atoms with E-state index in [0.717, 1.165) is 16.7 Å². The van der Waals surface area contributed by atoms with Gasteiger partial charge in [0.05, 0.1) is 6.61 Å². The Bertz CT molecular complexity index is 746. The number of amides is 2. The van der Waals surface area contributed by atoms with E-state index in [4.69, 9.17) is 4.74 Å². The molecule has 0 fully saturated rings. The molecule has 0 aliphatic rings. The Morgan fingerprint density at radius 1 is 1.24 bits per heavy atom. The van der Waals surface area contributed by atoms with E-state index in [1.54, 1.807) is 25.3 Å². The fraction of sp³-hybridized carbons (Fsp3) is 0.316. The summed E-state index contributed by atoms with van der Waals surface area (Å²) >= 11 is 0. The molecule has 1 N–H and O–H groups in total. The lowest BCUT2D eigenvalue weighted by molar-refractivity contribution is -0.119. The summed E-state index contributed by atoms with van der Waals surface area (Å²) in [6, 6.07) is 11.4. The summed E-state index contributed by atoms with van der Waals surface area (Å²) in [6.45, 7) is 2.89. The number of nitrogens with zero attached hydrogens (tertiary/aromatic N) is 2. The topological polar surface area (TPSA) is 71.5 Å². The molecule has 0 aliphatic heterocycles. The van der Waals surface area contributed by atoms with Crippen molar-refractivity contribution in [2.45, 2.75) is 13.5 Å². The molecular weight excluding hydrogens is 318 g/mol. The number of methoxy groups -OCH3 is 1. The Balaban J connectivity index is 2.29. The minimum atomic E-state index is -0.153. The highest BCUT2D eigenvalue weighted by Crippen LogP contribution is 2.24. The molecular formula is C19H23N3O3. The number of hydrogen-bond donors (Lipinski definition) is 1. The van der Waals surface area contributed by atoms with Crippen molar-refractivity contribution in [2.24, 2.45) is 0 Å². The third kappa shape index (κ3) is 5.12. The minimum Gasteiger partial charge on any atom is -0.383 e. The van der Waals surface area contributed by atoms with Crippen LogP contribution < -0.4 is 5.32 Å². The van der Waals surface area contributed by atoms with Crippen LogP contribution in [-0.2, 0) is 16.1 Å². The summed E-state index contributed by atoms with van der Waals surface area (Å²) in [4.78, 5) is 29.7. The number of pyridine rings is 1. The normalized spacial score (nSPS) is 10.4. The summed E-state index contributed by atoms with van der Waals surface area (Å²) in [5, 5.41) is 2.78. The van der Waals surface area contributed by atoms with Gasteiger partial charge in [0, 0.05) is 45.9 Å². The zero-order valence-corrected chi connectivity index (χ0v) is 14.8. The first-order chi connectivity index (χ1) is 12.0. The molecule has 6 nitrogen and oxygen atoms in total. The van der Waals surface area contributed by atoms with Gasteiger partial charge in [-0.2, -0.15) is 0 Å². The molecule has 1 heterocycles. The summed E-state index contributed by atoms with van der Waals surface area (Å²) < 4.78 is 5.03. The van der Waals surface area contributed by atoms with E-state index in [-0.39, 0.29) is 11.8 Å². The van der Waals surface area contributed by atoms with Crippen molar-refractivity contribution < 1.29 is 14.3 Å². The number of ether oxygens (including phenoxy) is 1. The van der Waals surface area contributed by atoms with Crippen LogP contribution in [0.1, 0.15) is 23.0 Å². The Morgan fingerprint density at radius 3 is 2.76 bits per heavy atom. The molecule has 0 radical (unpaired) electrons. The predicted molar refractivity (Wildman–Crippen MR) is 96.0 cm³/mol. The lowest BCUT2D eigenvalue weighted by atomic mass is 10.0. The average molecular weight is 341 g/mol. The zero-order chi connectivity index (χ0) is 18.2. The number of carbonyl (C=O) groups is 2. The molecule has 0 bridgehead atoms. The third-order valence-electron chi connectivity index (χ3n) is 3.77. The van der Waals surface area contributed by atoms with Crippen molar-refractivity contribution >= 4 is 11.8 Å². The average Bonchev–Trinajstić information content (AvgIpc) is 2.64. The van der Waals surface area contributed by atoms with Gasteiger partial charge in [-0.1, -0.05) is 24.3 Å². The number of carbonyl (C=O) groups excluding carboxylic acids is 2. The molecule has 0 atom stereocenters. The molecule has 1 aromatic heterocycles. The number of hydrogen-bond acceptors (Lipinski definition) is 4. The zero-order valence-electron chi connectivity index (χ0n) is 14.8. The monoisotopic (exact) mass is 341 g/mol. The maximum atomic E-state index is 12.7. The van der Waals surface area contributed by atoms with Gasteiger partial charge in [0.2, 0.25) is 5.91 Å².